The lowest BCUT2D eigenvalue weighted by Gasteiger charge is -2.13. The number of carbonyl (C=O) groups is 1. The molecule has 0 aromatic heterocycles. The summed E-state index contributed by atoms with van der Waals surface area (Å²) in [5, 5.41) is 12.5. The zero-order valence-corrected chi connectivity index (χ0v) is 11.3. The summed E-state index contributed by atoms with van der Waals surface area (Å²) in [6.45, 7) is 1.17. The Kier molecular flexibility index (Phi) is 5.33. The van der Waals surface area contributed by atoms with Crippen LogP contribution in [0.25, 0.3) is 0 Å². The van der Waals surface area contributed by atoms with Crippen LogP contribution in [0.2, 0.25) is 0 Å². The molecule has 0 saturated heterocycles. The van der Waals surface area contributed by atoms with Gasteiger partial charge in [-0.2, -0.15) is 0 Å². The van der Waals surface area contributed by atoms with Gasteiger partial charge in [0.05, 0.1) is 5.92 Å². The molecule has 2 aromatic carbocycles. The molecular weight excluding hydrogens is 250 g/mol. The van der Waals surface area contributed by atoms with Gasteiger partial charge in [-0.25, -0.2) is 0 Å². The van der Waals surface area contributed by atoms with Crippen LogP contribution in [0.15, 0.2) is 60.7 Å². The predicted molar refractivity (Wildman–Crippen MR) is 79.4 cm³/mol. The SMILES string of the molecule is O=C(O)[C@H](CNCc1ccccc1)Cc1ccccc1. The number of benzene rings is 2. The van der Waals surface area contributed by atoms with Crippen molar-refractivity contribution < 1.29 is 9.90 Å². The highest BCUT2D eigenvalue weighted by Crippen LogP contribution is 2.09. The molecule has 0 fully saturated rings. The van der Waals surface area contributed by atoms with Gasteiger partial charge in [0.25, 0.3) is 0 Å². The Morgan fingerprint density at radius 2 is 1.50 bits per heavy atom. The minimum absolute atomic E-state index is 0.402. The first kappa shape index (κ1) is 14.3. The van der Waals surface area contributed by atoms with E-state index in [0.717, 1.165) is 11.1 Å². The second kappa shape index (κ2) is 7.46. The molecule has 0 spiro atoms. The summed E-state index contributed by atoms with van der Waals surface area (Å²) in [4.78, 5) is 11.3. The second-order valence-corrected chi connectivity index (χ2v) is 4.84. The number of aliphatic carboxylic acids is 1. The number of nitrogens with one attached hydrogen (secondary N) is 1. The molecule has 3 heteroatoms. The zero-order chi connectivity index (χ0) is 14.2. The minimum Gasteiger partial charge on any atom is -0.481 e. The summed E-state index contributed by atoms with van der Waals surface area (Å²) in [6.07, 6.45) is 0.554. The van der Waals surface area contributed by atoms with Gasteiger partial charge in [-0.15, -0.1) is 0 Å². The molecule has 2 N–H and O–H groups in total. The molecule has 2 aromatic rings. The predicted octanol–water partition coefficient (Wildman–Crippen LogP) is 2.72. The molecular formula is C17H19NO2. The van der Waals surface area contributed by atoms with E-state index in [1.165, 1.54) is 0 Å². The van der Waals surface area contributed by atoms with Gasteiger partial charge in [-0.05, 0) is 17.5 Å². The van der Waals surface area contributed by atoms with Crippen molar-refractivity contribution in [1.82, 2.24) is 5.32 Å². The molecule has 20 heavy (non-hydrogen) atoms. The van der Waals surface area contributed by atoms with E-state index in [1.807, 2.05) is 60.7 Å². The summed E-state index contributed by atoms with van der Waals surface area (Å²) in [5.41, 5.74) is 2.22. The largest absolute Gasteiger partial charge is 0.481 e. The standard InChI is InChI=1S/C17H19NO2/c19-17(20)16(11-14-7-3-1-4-8-14)13-18-12-15-9-5-2-6-10-15/h1-10,16,18H,11-13H2,(H,19,20)/t16-/m0/s1. The molecule has 0 aliphatic heterocycles. The first-order chi connectivity index (χ1) is 9.75. The van der Waals surface area contributed by atoms with Crippen LogP contribution in [0, 0.1) is 5.92 Å². The van der Waals surface area contributed by atoms with E-state index in [2.05, 4.69) is 5.32 Å². The molecule has 104 valence electrons. The van der Waals surface area contributed by atoms with Crippen molar-refractivity contribution in [1.29, 1.82) is 0 Å². The van der Waals surface area contributed by atoms with E-state index in [-0.39, 0.29) is 0 Å². The number of hydrogen-bond donors (Lipinski definition) is 2. The second-order valence-electron chi connectivity index (χ2n) is 4.84. The lowest BCUT2D eigenvalue weighted by molar-refractivity contribution is -0.141. The molecule has 0 aliphatic carbocycles. The van der Waals surface area contributed by atoms with Gasteiger partial charge in [0.1, 0.15) is 0 Å². The van der Waals surface area contributed by atoms with Gasteiger partial charge >= 0.3 is 5.97 Å². The van der Waals surface area contributed by atoms with Crippen molar-refractivity contribution in [3.8, 4) is 0 Å². The van der Waals surface area contributed by atoms with Gasteiger partial charge in [-0.1, -0.05) is 60.7 Å². The van der Waals surface area contributed by atoms with Gasteiger partial charge in [0.2, 0.25) is 0 Å². The van der Waals surface area contributed by atoms with Crippen LogP contribution >= 0.6 is 0 Å². The summed E-state index contributed by atoms with van der Waals surface area (Å²) in [5.74, 6) is -1.16. The first-order valence-corrected chi connectivity index (χ1v) is 6.77. The molecule has 0 saturated carbocycles. The molecule has 3 nitrogen and oxygen atoms in total. The zero-order valence-electron chi connectivity index (χ0n) is 11.3. The summed E-state index contributed by atoms with van der Waals surface area (Å²) in [7, 11) is 0. The number of hydrogen-bond acceptors (Lipinski definition) is 2. The lowest BCUT2D eigenvalue weighted by atomic mass is 9.99. The minimum atomic E-state index is -0.755. The molecule has 0 unspecified atom stereocenters. The molecule has 0 radical (unpaired) electrons. The van der Waals surface area contributed by atoms with E-state index < -0.39 is 11.9 Å². The van der Waals surface area contributed by atoms with Crippen LogP contribution < -0.4 is 5.32 Å². The van der Waals surface area contributed by atoms with Gasteiger partial charge < -0.3 is 10.4 Å². The maximum Gasteiger partial charge on any atom is 0.308 e. The molecule has 0 heterocycles. The fraction of sp³-hybridized carbons (Fsp3) is 0.235. The van der Waals surface area contributed by atoms with E-state index in [4.69, 9.17) is 0 Å². The van der Waals surface area contributed by atoms with Crippen LogP contribution in [0.1, 0.15) is 11.1 Å². The Hall–Kier alpha value is -2.13. The highest BCUT2D eigenvalue weighted by molar-refractivity contribution is 5.70. The highest BCUT2D eigenvalue weighted by atomic mass is 16.4. The average molecular weight is 269 g/mol. The van der Waals surface area contributed by atoms with E-state index >= 15 is 0 Å². The quantitative estimate of drug-likeness (QED) is 0.812. The Labute approximate surface area is 119 Å². The fourth-order valence-corrected chi connectivity index (χ4v) is 2.13. The Morgan fingerprint density at radius 3 is 2.05 bits per heavy atom. The molecule has 0 bridgehead atoms. The number of carboxylic acid groups (broad SMARTS) is 1. The van der Waals surface area contributed by atoms with Gasteiger partial charge in [0.15, 0.2) is 0 Å². The van der Waals surface area contributed by atoms with Crippen molar-refractivity contribution in [2.45, 2.75) is 13.0 Å². The van der Waals surface area contributed by atoms with Crippen molar-refractivity contribution in [3.63, 3.8) is 0 Å². The van der Waals surface area contributed by atoms with Crippen LogP contribution in [0.3, 0.4) is 0 Å². The van der Waals surface area contributed by atoms with E-state index in [0.29, 0.717) is 19.5 Å². The van der Waals surface area contributed by atoms with Crippen LogP contribution in [-0.4, -0.2) is 17.6 Å². The number of rotatable bonds is 7. The van der Waals surface area contributed by atoms with Crippen molar-refractivity contribution in [2.75, 3.05) is 6.54 Å². The monoisotopic (exact) mass is 269 g/mol. The summed E-state index contributed by atoms with van der Waals surface area (Å²) < 4.78 is 0. The maximum atomic E-state index is 11.3. The average Bonchev–Trinajstić information content (AvgIpc) is 2.48. The highest BCUT2D eigenvalue weighted by Gasteiger charge is 2.17. The maximum absolute atomic E-state index is 11.3. The third-order valence-electron chi connectivity index (χ3n) is 3.24. The van der Waals surface area contributed by atoms with Crippen LogP contribution in [0.5, 0.6) is 0 Å². The Balaban J connectivity index is 1.85. The number of carboxylic acids is 1. The summed E-state index contributed by atoms with van der Waals surface area (Å²) >= 11 is 0. The van der Waals surface area contributed by atoms with Gasteiger partial charge in [-0.3, -0.25) is 4.79 Å². The van der Waals surface area contributed by atoms with Crippen molar-refractivity contribution in [2.24, 2.45) is 5.92 Å². The van der Waals surface area contributed by atoms with Crippen LogP contribution in [0.4, 0.5) is 0 Å². The molecule has 0 aliphatic rings. The van der Waals surface area contributed by atoms with Crippen molar-refractivity contribution in [3.05, 3.63) is 71.8 Å². The summed E-state index contributed by atoms with van der Waals surface area (Å²) in [6, 6.07) is 19.7. The van der Waals surface area contributed by atoms with Crippen LogP contribution in [-0.2, 0) is 17.8 Å². The normalized spacial score (nSPS) is 12.0. The molecule has 1 atom stereocenters. The van der Waals surface area contributed by atoms with E-state index in [1.54, 1.807) is 0 Å². The third-order valence-corrected chi connectivity index (χ3v) is 3.24. The third kappa shape index (κ3) is 4.52. The molecule has 0 amide bonds. The molecule has 2 rings (SSSR count). The lowest BCUT2D eigenvalue weighted by Crippen LogP contribution is -2.29. The topological polar surface area (TPSA) is 49.3 Å². The Morgan fingerprint density at radius 1 is 0.950 bits per heavy atom. The smallest absolute Gasteiger partial charge is 0.308 e. The van der Waals surface area contributed by atoms with Gasteiger partial charge in [0, 0.05) is 13.1 Å². The fourth-order valence-electron chi connectivity index (χ4n) is 2.13. The van der Waals surface area contributed by atoms with Crippen molar-refractivity contribution >= 4 is 5.97 Å². The first-order valence-electron chi connectivity index (χ1n) is 6.77. The Bertz CT molecular complexity index is 525. The van der Waals surface area contributed by atoms with E-state index in [9.17, 15) is 9.90 Å².